The molecule has 0 bridgehead atoms. The van der Waals surface area contributed by atoms with Crippen molar-refractivity contribution in [2.75, 3.05) is 44.3 Å². The van der Waals surface area contributed by atoms with Crippen molar-refractivity contribution in [3.05, 3.63) is 63.7 Å². The molecule has 0 spiro atoms. The lowest BCUT2D eigenvalue weighted by atomic mass is 10.1. The summed E-state index contributed by atoms with van der Waals surface area (Å²) in [6.07, 6.45) is 0. The van der Waals surface area contributed by atoms with Crippen LogP contribution in [0.25, 0.3) is 0 Å². The van der Waals surface area contributed by atoms with E-state index < -0.39 is 10.9 Å². The number of esters is 1. The number of amides is 1. The summed E-state index contributed by atoms with van der Waals surface area (Å²) in [6.45, 7) is 6.00. The number of nitro benzene ring substituents is 1. The Bertz CT molecular complexity index is 969. The van der Waals surface area contributed by atoms with Crippen LogP contribution in [0.2, 0.25) is 0 Å². The first-order valence-electron chi connectivity index (χ1n) is 10.2. The topological polar surface area (TPSA) is 102 Å². The molecule has 2 aromatic carbocycles. The number of carbonyl (C=O) groups excluding carboxylic acids is 2. The maximum absolute atomic E-state index is 12.8. The van der Waals surface area contributed by atoms with Crippen molar-refractivity contribution in [2.24, 2.45) is 0 Å². The Labute approximate surface area is 180 Å². The summed E-state index contributed by atoms with van der Waals surface area (Å²) in [4.78, 5) is 39.4. The maximum Gasteiger partial charge on any atom is 0.338 e. The molecule has 1 amide bonds. The van der Waals surface area contributed by atoms with Crippen molar-refractivity contribution in [2.45, 2.75) is 13.8 Å². The van der Waals surface area contributed by atoms with E-state index in [2.05, 4.69) is 0 Å². The average molecular weight is 427 g/mol. The highest BCUT2D eigenvalue weighted by molar-refractivity contribution is 5.95. The van der Waals surface area contributed by atoms with Gasteiger partial charge in [-0.15, -0.1) is 0 Å². The second kappa shape index (κ2) is 9.92. The first-order chi connectivity index (χ1) is 14.9. The zero-order valence-electron chi connectivity index (χ0n) is 17.6. The normalized spacial score (nSPS) is 13.6. The number of anilines is 1. The van der Waals surface area contributed by atoms with E-state index in [1.54, 1.807) is 42.2 Å². The van der Waals surface area contributed by atoms with E-state index in [0.717, 1.165) is 0 Å². The molecule has 0 unspecified atom stereocenters. The molecular weight excluding hydrogens is 402 g/mol. The second-order valence-corrected chi connectivity index (χ2v) is 6.92. The number of hydrogen-bond acceptors (Lipinski definition) is 7. The van der Waals surface area contributed by atoms with Crippen LogP contribution in [-0.2, 0) is 4.74 Å². The Morgan fingerprint density at radius 1 is 1.00 bits per heavy atom. The van der Waals surface area contributed by atoms with Crippen molar-refractivity contribution in [1.29, 1.82) is 0 Å². The van der Waals surface area contributed by atoms with Gasteiger partial charge in [0.25, 0.3) is 11.6 Å². The summed E-state index contributed by atoms with van der Waals surface area (Å²) in [6, 6.07) is 11.4. The van der Waals surface area contributed by atoms with Gasteiger partial charge in [-0.3, -0.25) is 14.9 Å². The SMILES string of the molecule is CCOC(=O)c1ccc(N2CCN(C(=O)c3cccc(OCC)c3)CC2)c([N+](=O)[O-])c1. The quantitative estimate of drug-likeness (QED) is 0.380. The van der Waals surface area contributed by atoms with E-state index in [-0.39, 0.29) is 23.8 Å². The standard InChI is InChI=1S/C22H25N3O6/c1-3-30-18-7-5-6-16(14-18)21(26)24-12-10-23(11-13-24)19-9-8-17(22(27)31-4-2)15-20(19)25(28)29/h5-9,14-15H,3-4,10-13H2,1-2H3. The first kappa shape index (κ1) is 22.1. The molecular formula is C22H25N3O6. The molecule has 164 valence electrons. The molecule has 3 rings (SSSR count). The smallest absolute Gasteiger partial charge is 0.338 e. The summed E-state index contributed by atoms with van der Waals surface area (Å²) >= 11 is 0. The number of ether oxygens (including phenoxy) is 2. The molecule has 1 aliphatic heterocycles. The number of carbonyl (C=O) groups is 2. The fraction of sp³-hybridized carbons (Fsp3) is 0.364. The van der Waals surface area contributed by atoms with Gasteiger partial charge >= 0.3 is 5.97 Å². The van der Waals surface area contributed by atoms with E-state index in [1.165, 1.54) is 12.1 Å². The van der Waals surface area contributed by atoms with Gasteiger partial charge in [-0.25, -0.2) is 4.79 Å². The molecule has 9 heteroatoms. The Morgan fingerprint density at radius 3 is 2.39 bits per heavy atom. The lowest BCUT2D eigenvalue weighted by Crippen LogP contribution is -2.49. The van der Waals surface area contributed by atoms with Crippen molar-refractivity contribution < 1.29 is 24.0 Å². The van der Waals surface area contributed by atoms with Crippen LogP contribution in [0.5, 0.6) is 5.75 Å². The zero-order chi connectivity index (χ0) is 22.4. The van der Waals surface area contributed by atoms with Crippen molar-refractivity contribution >= 4 is 23.3 Å². The Hall–Kier alpha value is -3.62. The second-order valence-electron chi connectivity index (χ2n) is 6.92. The van der Waals surface area contributed by atoms with Gasteiger partial charge < -0.3 is 19.3 Å². The molecule has 0 aliphatic carbocycles. The minimum atomic E-state index is -0.596. The lowest BCUT2D eigenvalue weighted by molar-refractivity contribution is -0.384. The van der Waals surface area contributed by atoms with E-state index in [4.69, 9.17) is 9.47 Å². The molecule has 0 saturated carbocycles. The highest BCUT2D eigenvalue weighted by Crippen LogP contribution is 2.30. The number of nitro groups is 1. The molecule has 0 aromatic heterocycles. The largest absolute Gasteiger partial charge is 0.494 e. The van der Waals surface area contributed by atoms with Gasteiger partial charge in [-0.2, -0.15) is 0 Å². The summed E-state index contributed by atoms with van der Waals surface area (Å²) < 4.78 is 10.4. The molecule has 0 radical (unpaired) electrons. The van der Waals surface area contributed by atoms with E-state index >= 15 is 0 Å². The first-order valence-corrected chi connectivity index (χ1v) is 10.2. The molecule has 1 heterocycles. The number of nitrogens with zero attached hydrogens (tertiary/aromatic N) is 3. The molecule has 31 heavy (non-hydrogen) atoms. The Balaban J connectivity index is 1.71. The predicted molar refractivity (Wildman–Crippen MR) is 115 cm³/mol. The molecule has 0 atom stereocenters. The van der Waals surface area contributed by atoms with Crippen LogP contribution in [0.1, 0.15) is 34.6 Å². The van der Waals surface area contributed by atoms with Crippen LogP contribution in [-0.4, -0.2) is 61.1 Å². The van der Waals surface area contributed by atoms with Gasteiger partial charge in [0, 0.05) is 37.8 Å². The minimum Gasteiger partial charge on any atom is -0.494 e. The minimum absolute atomic E-state index is 0.103. The highest BCUT2D eigenvalue weighted by Gasteiger charge is 2.27. The monoisotopic (exact) mass is 427 g/mol. The zero-order valence-corrected chi connectivity index (χ0v) is 17.6. The average Bonchev–Trinajstić information content (AvgIpc) is 2.79. The third kappa shape index (κ3) is 5.11. The molecule has 0 N–H and O–H groups in total. The van der Waals surface area contributed by atoms with Crippen LogP contribution < -0.4 is 9.64 Å². The van der Waals surface area contributed by atoms with Crippen LogP contribution in [0.4, 0.5) is 11.4 Å². The summed E-state index contributed by atoms with van der Waals surface area (Å²) in [5.74, 6) is -0.0560. The molecule has 1 aliphatic rings. The van der Waals surface area contributed by atoms with Crippen LogP contribution in [0.3, 0.4) is 0 Å². The number of hydrogen-bond donors (Lipinski definition) is 0. The van der Waals surface area contributed by atoms with Crippen LogP contribution in [0, 0.1) is 10.1 Å². The van der Waals surface area contributed by atoms with Crippen LogP contribution >= 0.6 is 0 Å². The van der Waals surface area contributed by atoms with E-state index in [9.17, 15) is 19.7 Å². The van der Waals surface area contributed by atoms with Gasteiger partial charge in [0.15, 0.2) is 0 Å². The van der Waals surface area contributed by atoms with Gasteiger partial charge in [0.2, 0.25) is 0 Å². The molecule has 9 nitrogen and oxygen atoms in total. The fourth-order valence-electron chi connectivity index (χ4n) is 3.50. The third-order valence-electron chi connectivity index (χ3n) is 4.98. The summed E-state index contributed by atoms with van der Waals surface area (Å²) in [7, 11) is 0. The van der Waals surface area contributed by atoms with Crippen molar-refractivity contribution in [1.82, 2.24) is 4.90 Å². The highest BCUT2D eigenvalue weighted by atomic mass is 16.6. The predicted octanol–water partition coefficient (Wildman–Crippen LogP) is 3.13. The Morgan fingerprint density at radius 2 is 1.74 bits per heavy atom. The molecule has 2 aromatic rings. The lowest BCUT2D eigenvalue weighted by Gasteiger charge is -2.36. The fourth-order valence-corrected chi connectivity index (χ4v) is 3.50. The third-order valence-corrected chi connectivity index (χ3v) is 4.98. The maximum atomic E-state index is 12.8. The van der Waals surface area contributed by atoms with E-state index in [0.29, 0.717) is 49.8 Å². The summed E-state index contributed by atoms with van der Waals surface area (Å²) in [5, 5.41) is 11.6. The number of piperazine rings is 1. The number of benzene rings is 2. The molecule has 1 fully saturated rings. The van der Waals surface area contributed by atoms with Gasteiger partial charge in [0.1, 0.15) is 11.4 Å². The number of rotatable bonds is 7. The van der Waals surface area contributed by atoms with Gasteiger partial charge in [-0.05, 0) is 44.2 Å². The Kier molecular flexibility index (Phi) is 7.07. The van der Waals surface area contributed by atoms with E-state index in [1.807, 2.05) is 11.8 Å². The summed E-state index contributed by atoms with van der Waals surface area (Å²) in [5.41, 5.74) is 0.947. The van der Waals surface area contributed by atoms with Crippen molar-refractivity contribution in [3.63, 3.8) is 0 Å². The van der Waals surface area contributed by atoms with Gasteiger partial charge in [-0.1, -0.05) is 6.07 Å². The molecule has 1 saturated heterocycles. The van der Waals surface area contributed by atoms with Crippen molar-refractivity contribution in [3.8, 4) is 5.75 Å². The van der Waals surface area contributed by atoms with Gasteiger partial charge in [0.05, 0.1) is 23.7 Å². The van der Waals surface area contributed by atoms with Crippen LogP contribution in [0.15, 0.2) is 42.5 Å².